The number of aliphatic hydroxyl groups is 1. The second-order valence-corrected chi connectivity index (χ2v) is 4.67. The lowest BCUT2D eigenvalue weighted by Gasteiger charge is -2.32. The zero-order valence-corrected chi connectivity index (χ0v) is 11.6. The number of rotatable bonds is 6. The van der Waals surface area contributed by atoms with E-state index >= 15 is 0 Å². The van der Waals surface area contributed by atoms with E-state index in [1.165, 1.54) is 12.1 Å². The van der Waals surface area contributed by atoms with Gasteiger partial charge in [0.2, 0.25) is 0 Å². The van der Waals surface area contributed by atoms with Crippen LogP contribution in [0, 0.1) is 5.82 Å². The number of carbonyl (C=O) groups is 1. The third kappa shape index (κ3) is 3.53. The highest BCUT2D eigenvalue weighted by atomic mass is 19.1. The van der Waals surface area contributed by atoms with Crippen LogP contribution >= 0.6 is 0 Å². The van der Waals surface area contributed by atoms with Crippen LogP contribution in [-0.4, -0.2) is 23.3 Å². The van der Waals surface area contributed by atoms with Gasteiger partial charge < -0.3 is 9.84 Å². The van der Waals surface area contributed by atoms with Gasteiger partial charge in [-0.3, -0.25) is 0 Å². The molecular formula is C15H21FO3. The molecule has 0 amide bonds. The van der Waals surface area contributed by atoms with E-state index < -0.39 is 17.5 Å². The van der Waals surface area contributed by atoms with Gasteiger partial charge in [0, 0.05) is 5.92 Å². The zero-order chi connectivity index (χ0) is 14.5. The molecule has 0 aromatic heterocycles. The molecule has 1 N–H and O–H groups in total. The summed E-state index contributed by atoms with van der Waals surface area (Å²) in [5.74, 6) is -1.55. The molecule has 106 valence electrons. The van der Waals surface area contributed by atoms with Gasteiger partial charge >= 0.3 is 5.97 Å². The highest BCUT2D eigenvalue weighted by Crippen LogP contribution is 2.33. The lowest BCUT2D eigenvalue weighted by Crippen LogP contribution is -2.44. The molecule has 0 aliphatic heterocycles. The third-order valence-electron chi connectivity index (χ3n) is 3.33. The summed E-state index contributed by atoms with van der Waals surface area (Å²) in [5.41, 5.74) is -1.03. The first-order valence-corrected chi connectivity index (χ1v) is 6.60. The molecule has 0 bridgehead atoms. The van der Waals surface area contributed by atoms with Gasteiger partial charge in [-0.15, -0.1) is 0 Å². The summed E-state index contributed by atoms with van der Waals surface area (Å²) in [6, 6.07) is 5.94. The Kier molecular flexibility index (Phi) is 5.48. The Labute approximate surface area is 113 Å². The first-order chi connectivity index (χ1) is 8.95. The quantitative estimate of drug-likeness (QED) is 0.807. The van der Waals surface area contributed by atoms with Crippen molar-refractivity contribution in [3.05, 3.63) is 35.6 Å². The maximum absolute atomic E-state index is 13.3. The van der Waals surface area contributed by atoms with Crippen molar-refractivity contribution in [3.63, 3.8) is 0 Å². The first-order valence-electron chi connectivity index (χ1n) is 6.60. The second-order valence-electron chi connectivity index (χ2n) is 4.67. The minimum absolute atomic E-state index is 0.209. The molecule has 3 nitrogen and oxygen atoms in total. The monoisotopic (exact) mass is 268 g/mol. The summed E-state index contributed by atoms with van der Waals surface area (Å²) >= 11 is 0. The van der Waals surface area contributed by atoms with Crippen LogP contribution in [0.5, 0.6) is 0 Å². The van der Waals surface area contributed by atoms with Crippen molar-refractivity contribution in [2.45, 2.75) is 45.1 Å². The molecule has 0 aliphatic carbocycles. The number of hydrogen-bond acceptors (Lipinski definition) is 3. The maximum Gasteiger partial charge on any atom is 0.338 e. The Morgan fingerprint density at radius 3 is 2.68 bits per heavy atom. The molecule has 19 heavy (non-hydrogen) atoms. The van der Waals surface area contributed by atoms with Crippen LogP contribution in [0.4, 0.5) is 4.39 Å². The summed E-state index contributed by atoms with van der Waals surface area (Å²) < 4.78 is 18.2. The first kappa shape index (κ1) is 15.6. The summed E-state index contributed by atoms with van der Waals surface area (Å²) in [6.07, 6.45) is 0.915. The fourth-order valence-electron chi connectivity index (χ4n) is 2.18. The molecule has 0 aliphatic rings. The Balaban J connectivity index is 3.07. The molecule has 0 radical (unpaired) electrons. The number of halogens is 1. The molecule has 1 rings (SSSR count). The average Bonchev–Trinajstić information content (AvgIpc) is 2.38. The fraction of sp³-hybridized carbons (Fsp3) is 0.533. The van der Waals surface area contributed by atoms with Crippen LogP contribution in [0.1, 0.15) is 45.1 Å². The van der Waals surface area contributed by atoms with Crippen molar-refractivity contribution < 1.29 is 19.0 Å². The van der Waals surface area contributed by atoms with Crippen molar-refractivity contribution in [2.75, 3.05) is 6.61 Å². The Morgan fingerprint density at radius 1 is 1.47 bits per heavy atom. The molecule has 1 aromatic carbocycles. The van der Waals surface area contributed by atoms with E-state index in [0.29, 0.717) is 12.0 Å². The summed E-state index contributed by atoms with van der Waals surface area (Å²) in [7, 11) is 0. The van der Waals surface area contributed by atoms with Gasteiger partial charge in [-0.1, -0.05) is 32.4 Å². The highest BCUT2D eigenvalue weighted by Gasteiger charge is 2.42. The number of carbonyl (C=O) groups excluding carboxylic acids is 1. The van der Waals surface area contributed by atoms with Crippen LogP contribution < -0.4 is 0 Å². The second kappa shape index (κ2) is 6.66. The molecule has 2 unspecified atom stereocenters. The summed E-state index contributed by atoms with van der Waals surface area (Å²) in [4.78, 5) is 12.0. The number of hydrogen-bond donors (Lipinski definition) is 1. The van der Waals surface area contributed by atoms with E-state index in [0.717, 1.165) is 0 Å². The number of ether oxygens (including phenoxy) is 1. The van der Waals surface area contributed by atoms with Gasteiger partial charge in [0.15, 0.2) is 5.60 Å². The van der Waals surface area contributed by atoms with E-state index in [2.05, 4.69) is 0 Å². The van der Waals surface area contributed by atoms with Gasteiger partial charge in [-0.05, 0) is 31.0 Å². The Hall–Kier alpha value is -1.42. The minimum Gasteiger partial charge on any atom is -0.464 e. The van der Waals surface area contributed by atoms with Crippen molar-refractivity contribution in [2.24, 2.45) is 0 Å². The smallest absolute Gasteiger partial charge is 0.338 e. The molecule has 1 aromatic rings. The van der Waals surface area contributed by atoms with Crippen molar-refractivity contribution in [3.8, 4) is 0 Å². The van der Waals surface area contributed by atoms with Crippen LogP contribution in [0.25, 0.3) is 0 Å². The van der Waals surface area contributed by atoms with Crippen LogP contribution in [-0.2, 0) is 9.53 Å². The van der Waals surface area contributed by atoms with Gasteiger partial charge in [0.05, 0.1) is 6.61 Å². The van der Waals surface area contributed by atoms with Crippen molar-refractivity contribution in [1.82, 2.24) is 0 Å². The normalized spacial score (nSPS) is 15.6. The number of esters is 1. The Bertz CT molecular complexity index is 433. The molecule has 0 heterocycles. The maximum atomic E-state index is 13.3. The lowest BCUT2D eigenvalue weighted by atomic mass is 9.80. The van der Waals surface area contributed by atoms with Gasteiger partial charge in [0.25, 0.3) is 0 Å². The third-order valence-corrected chi connectivity index (χ3v) is 3.33. The molecule has 0 saturated heterocycles. The predicted molar refractivity (Wildman–Crippen MR) is 71.3 cm³/mol. The summed E-state index contributed by atoms with van der Waals surface area (Å²) in [5, 5.41) is 10.6. The van der Waals surface area contributed by atoms with Crippen molar-refractivity contribution >= 4 is 5.97 Å². The molecule has 0 spiro atoms. The average molecular weight is 268 g/mol. The predicted octanol–water partition coefficient (Wildman–Crippen LogP) is 3.02. The van der Waals surface area contributed by atoms with Crippen LogP contribution in [0.15, 0.2) is 24.3 Å². The van der Waals surface area contributed by atoms with Crippen molar-refractivity contribution in [1.29, 1.82) is 0 Å². The Morgan fingerprint density at radius 2 is 2.16 bits per heavy atom. The van der Waals surface area contributed by atoms with Gasteiger partial charge in [-0.2, -0.15) is 0 Å². The molecule has 0 fully saturated rings. The fourth-order valence-corrected chi connectivity index (χ4v) is 2.18. The molecular weight excluding hydrogens is 247 g/mol. The van der Waals surface area contributed by atoms with Gasteiger partial charge in [-0.25, -0.2) is 9.18 Å². The zero-order valence-electron chi connectivity index (χ0n) is 11.6. The standard InChI is InChI=1S/C15H21FO3/c1-4-9-15(18,14(17)19-5-2)11(3)12-7-6-8-13(16)10-12/h6-8,10-11,18H,4-5,9H2,1-3H3. The topological polar surface area (TPSA) is 46.5 Å². The minimum atomic E-state index is -1.61. The van der Waals surface area contributed by atoms with E-state index in [9.17, 15) is 14.3 Å². The summed E-state index contributed by atoms with van der Waals surface area (Å²) in [6.45, 7) is 5.49. The van der Waals surface area contributed by atoms with E-state index in [4.69, 9.17) is 4.74 Å². The van der Waals surface area contributed by atoms with Gasteiger partial charge in [0.1, 0.15) is 5.82 Å². The lowest BCUT2D eigenvalue weighted by molar-refractivity contribution is -0.168. The highest BCUT2D eigenvalue weighted by molar-refractivity contribution is 5.80. The molecule has 2 atom stereocenters. The SMILES string of the molecule is CCCC(O)(C(=O)OCC)C(C)c1cccc(F)c1. The van der Waals surface area contributed by atoms with Crippen LogP contribution in [0.2, 0.25) is 0 Å². The van der Waals surface area contributed by atoms with Crippen LogP contribution in [0.3, 0.4) is 0 Å². The van der Waals surface area contributed by atoms with E-state index in [1.807, 2.05) is 6.92 Å². The molecule has 4 heteroatoms. The molecule has 0 saturated carbocycles. The van der Waals surface area contributed by atoms with E-state index in [1.54, 1.807) is 26.0 Å². The largest absolute Gasteiger partial charge is 0.464 e. The number of benzene rings is 1. The van der Waals surface area contributed by atoms with E-state index in [-0.39, 0.29) is 18.8 Å².